The monoisotopic (exact) mass is 479 g/mol. The number of unbranched alkanes of at least 4 members (excludes halogenated alkanes) is 1. The van der Waals surface area contributed by atoms with E-state index in [4.69, 9.17) is 21.1 Å². The summed E-state index contributed by atoms with van der Waals surface area (Å²) in [5, 5.41) is 0.607. The number of amides is 1. The van der Waals surface area contributed by atoms with Crippen LogP contribution in [0.5, 0.6) is 5.75 Å². The Morgan fingerprint density at radius 3 is 2.21 bits per heavy atom. The van der Waals surface area contributed by atoms with E-state index in [1.54, 1.807) is 11.8 Å². The number of anilines is 1. The number of nitrogens with zero attached hydrogens (tertiary/aromatic N) is 1. The van der Waals surface area contributed by atoms with Crippen molar-refractivity contribution >= 4 is 29.2 Å². The quantitative estimate of drug-likeness (QED) is 0.288. The molecule has 0 spiro atoms. The molecule has 5 nitrogen and oxygen atoms in total. The Labute approximate surface area is 206 Å². The van der Waals surface area contributed by atoms with Crippen molar-refractivity contribution in [1.82, 2.24) is 0 Å². The van der Waals surface area contributed by atoms with E-state index in [0.29, 0.717) is 30.3 Å². The molecule has 3 aromatic carbocycles. The van der Waals surface area contributed by atoms with E-state index in [9.17, 15) is 9.59 Å². The Hall–Kier alpha value is -3.31. The van der Waals surface area contributed by atoms with Crippen LogP contribution in [0.1, 0.15) is 38.7 Å². The molecule has 1 amide bonds. The zero-order valence-corrected chi connectivity index (χ0v) is 20.4. The molecule has 6 heteroatoms. The second-order valence-electron chi connectivity index (χ2n) is 7.88. The van der Waals surface area contributed by atoms with E-state index in [2.05, 4.69) is 6.92 Å². The van der Waals surface area contributed by atoms with Crippen LogP contribution in [-0.2, 0) is 20.9 Å². The van der Waals surface area contributed by atoms with Crippen LogP contribution < -0.4 is 9.64 Å². The van der Waals surface area contributed by atoms with Crippen molar-refractivity contribution in [2.75, 3.05) is 18.1 Å². The molecule has 0 atom stereocenters. The molecular formula is C28H30ClNO4. The lowest BCUT2D eigenvalue weighted by atomic mass is 10.0. The van der Waals surface area contributed by atoms with Gasteiger partial charge in [-0.3, -0.25) is 4.79 Å². The van der Waals surface area contributed by atoms with Gasteiger partial charge in [0.25, 0.3) is 0 Å². The molecule has 3 rings (SSSR count). The van der Waals surface area contributed by atoms with Gasteiger partial charge in [-0.15, -0.1) is 0 Å². The normalized spacial score (nSPS) is 10.6. The largest absolute Gasteiger partial charge is 0.482 e. The molecule has 0 aliphatic heterocycles. The lowest BCUT2D eigenvalue weighted by Crippen LogP contribution is -2.30. The Kier molecular flexibility index (Phi) is 9.53. The van der Waals surface area contributed by atoms with Gasteiger partial charge >= 0.3 is 5.97 Å². The minimum Gasteiger partial charge on any atom is -0.482 e. The van der Waals surface area contributed by atoms with Crippen molar-refractivity contribution in [2.45, 2.75) is 39.7 Å². The van der Waals surface area contributed by atoms with Gasteiger partial charge in [-0.2, -0.15) is 0 Å². The first-order valence-electron chi connectivity index (χ1n) is 11.5. The molecule has 0 heterocycles. The fraction of sp³-hybridized carbons (Fsp3) is 0.286. The van der Waals surface area contributed by atoms with Crippen LogP contribution in [0.3, 0.4) is 0 Å². The van der Waals surface area contributed by atoms with Gasteiger partial charge in [-0.1, -0.05) is 67.4 Å². The maximum atomic E-state index is 12.9. The van der Waals surface area contributed by atoms with Gasteiger partial charge in [0, 0.05) is 17.1 Å². The summed E-state index contributed by atoms with van der Waals surface area (Å²) in [7, 11) is 0. The molecule has 0 unspecified atom stereocenters. The van der Waals surface area contributed by atoms with Crippen LogP contribution in [0, 0.1) is 0 Å². The maximum Gasteiger partial charge on any atom is 0.344 e. The lowest BCUT2D eigenvalue weighted by molar-refractivity contribution is -0.145. The molecule has 3 aromatic rings. The highest BCUT2D eigenvalue weighted by molar-refractivity contribution is 6.30. The van der Waals surface area contributed by atoms with Gasteiger partial charge < -0.3 is 14.4 Å². The van der Waals surface area contributed by atoms with Crippen molar-refractivity contribution in [3.63, 3.8) is 0 Å². The summed E-state index contributed by atoms with van der Waals surface area (Å²) < 4.78 is 10.3. The highest BCUT2D eigenvalue weighted by atomic mass is 35.5. The van der Waals surface area contributed by atoms with Gasteiger partial charge in [0.05, 0.1) is 13.2 Å². The third kappa shape index (κ3) is 7.35. The van der Waals surface area contributed by atoms with Crippen LogP contribution in [0.25, 0.3) is 11.1 Å². The second kappa shape index (κ2) is 12.8. The predicted molar refractivity (Wildman–Crippen MR) is 136 cm³/mol. The van der Waals surface area contributed by atoms with Crippen molar-refractivity contribution in [3.05, 3.63) is 83.4 Å². The summed E-state index contributed by atoms with van der Waals surface area (Å²) in [5.74, 6) is 0.310. The zero-order valence-electron chi connectivity index (χ0n) is 19.6. The third-order valence-corrected chi connectivity index (χ3v) is 5.54. The van der Waals surface area contributed by atoms with Crippen LogP contribution in [0.15, 0.2) is 72.8 Å². The number of carbonyl (C=O) groups is 2. The molecule has 0 bridgehead atoms. The van der Waals surface area contributed by atoms with Gasteiger partial charge in [0.2, 0.25) is 5.91 Å². The molecule has 34 heavy (non-hydrogen) atoms. The fourth-order valence-electron chi connectivity index (χ4n) is 3.50. The number of ether oxygens (including phenoxy) is 2. The number of hydrogen-bond donors (Lipinski definition) is 0. The Balaban J connectivity index is 1.69. The summed E-state index contributed by atoms with van der Waals surface area (Å²) in [6.07, 6.45) is 2.33. The third-order valence-electron chi connectivity index (χ3n) is 5.31. The Bertz CT molecular complexity index is 1080. The molecule has 0 aliphatic rings. The summed E-state index contributed by atoms with van der Waals surface area (Å²) in [6, 6.07) is 23.1. The molecule has 0 aliphatic carbocycles. The predicted octanol–water partition coefficient (Wildman–Crippen LogP) is 6.67. The van der Waals surface area contributed by atoms with Crippen molar-refractivity contribution in [2.24, 2.45) is 0 Å². The van der Waals surface area contributed by atoms with E-state index in [0.717, 1.165) is 35.2 Å². The standard InChI is InChI=1S/C28H30ClNO4/c1-3-5-9-27(31)30(25-8-6-7-24(29)18-25)19-21-10-12-22(13-11-21)23-14-16-26(17-15-23)34-20-28(32)33-4-2/h6-8,10-18H,3-5,9,19-20H2,1-2H3. The highest BCUT2D eigenvalue weighted by Gasteiger charge is 2.16. The second-order valence-corrected chi connectivity index (χ2v) is 8.31. The summed E-state index contributed by atoms with van der Waals surface area (Å²) >= 11 is 6.18. The van der Waals surface area contributed by atoms with Gasteiger partial charge in [-0.25, -0.2) is 4.79 Å². The van der Waals surface area contributed by atoms with Crippen molar-refractivity contribution in [3.8, 4) is 16.9 Å². The smallest absolute Gasteiger partial charge is 0.344 e. The minimum atomic E-state index is -0.387. The van der Waals surface area contributed by atoms with Crippen LogP contribution in [-0.4, -0.2) is 25.1 Å². The van der Waals surface area contributed by atoms with E-state index in [1.807, 2.05) is 72.8 Å². The molecule has 0 saturated heterocycles. The molecule has 0 aromatic heterocycles. The topological polar surface area (TPSA) is 55.8 Å². The van der Waals surface area contributed by atoms with Crippen LogP contribution in [0.2, 0.25) is 5.02 Å². The number of halogens is 1. The highest BCUT2D eigenvalue weighted by Crippen LogP contribution is 2.26. The maximum absolute atomic E-state index is 12.9. The van der Waals surface area contributed by atoms with Crippen LogP contribution in [0.4, 0.5) is 5.69 Å². The lowest BCUT2D eigenvalue weighted by Gasteiger charge is -2.23. The van der Waals surface area contributed by atoms with Gasteiger partial charge in [-0.05, 0) is 60.4 Å². The number of esters is 1. The molecular weight excluding hydrogens is 450 g/mol. The molecule has 0 N–H and O–H groups in total. The van der Waals surface area contributed by atoms with Crippen LogP contribution >= 0.6 is 11.6 Å². The number of rotatable bonds is 11. The van der Waals surface area contributed by atoms with Gasteiger partial charge in [0.15, 0.2) is 6.61 Å². The number of carbonyl (C=O) groups excluding carboxylic acids is 2. The summed E-state index contributed by atoms with van der Waals surface area (Å²) in [6.45, 7) is 4.54. The average Bonchev–Trinajstić information content (AvgIpc) is 2.85. The average molecular weight is 480 g/mol. The van der Waals surface area contributed by atoms with E-state index in [-0.39, 0.29) is 18.5 Å². The Morgan fingerprint density at radius 1 is 0.912 bits per heavy atom. The van der Waals surface area contributed by atoms with Crippen molar-refractivity contribution < 1.29 is 19.1 Å². The summed E-state index contributed by atoms with van der Waals surface area (Å²) in [4.78, 5) is 26.1. The van der Waals surface area contributed by atoms with Gasteiger partial charge in [0.1, 0.15) is 5.75 Å². The van der Waals surface area contributed by atoms with Crippen molar-refractivity contribution in [1.29, 1.82) is 0 Å². The fourth-order valence-corrected chi connectivity index (χ4v) is 3.69. The first-order valence-corrected chi connectivity index (χ1v) is 11.9. The first-order chi connectivity index (χ1) is 16.5. The molecule has 0 radical (unpaired) electrons. The van der Waals surface area contributed by atoms with E-state index in [1.165, 1.54) is 0 Å². The summed E-state index contributed by atoms with van der Waals surface area (Å²) in [5.41, 5.74) is 3.91. The molecule has 178 valence electrons. The number of hydrogen-bond acceptors (Lipinski definition) is 4. The molecule has 0 fully saturated rings. The minimum absolute atomic E-state index is 0.0894. The SMILES string of the molecule is CCCCC(=O)N(Cc1ccc(-c2ccc(OCC(=O)OCC)cc2)cc1)c1cccc(Cl)c1. The van der Waals surface area contributed by atoms with E-state index < -0.39 is 0 Å². The zero-order chi connectivity index (χ0) is 24.3. The first kappa shape index (κ1) is 25.3. The Morgan fingerprint density at radius 2 is 1.59 bits per heavy atom. The molecule has 0 saturated carbocycles. The number of benzene rings is 3. The van der Waals surface area contributed by atoms with E-state index >= 15 is 0 Å².